The van der Waals surface area contributed by atoms with E-state index >= 15 is 0 Å². The van der Waals surface area contributed by atoms with E-state index in [0.717, 1.165) is 54.8 Å². The van der Waals surface area contributed by atoms with Crippen molar-refractivity contribution in [3.8, 4) is 0 Å². The lowest BCUT2D eigenvalue weighted by Crippen LogP contribution is -2.56. The highest BCUT2D eigenvalue weighted by Crippen LogP contribution is 2.68. The predicted molar refractivity (Wildman–Crippen MR) is 158 cm³/mol. The van der Waals surface area contributed by atoms with Crippen LogP contribution in [0.15, 0.2) is 24.3 Å². The maximum Gasteiger partial charge on any atom is 0.337 e. The number of ketones is 1. The van der Waals surface area contributed by atoms with Crippen molar-refractivity contribution < 1.29 is 14.3 Å². The van der Waals surface area contributed by atoms with Crippen LogP contribution in [-0.4, -0.2) is 18.9 Å². The van der Waals surface area contributed by atoms with Crippen molar-refractivity contribution in [3.05, 3.63) is 35.4 Å². The average molecular weight is 535 g/mol. The second kappa shape index (κ2) is 11.3. The number of hydrogen-bond donors (Lipinski definition) is 0. The van der Waals surface area contributed by atoms with E-state index in [0.29, 0.717) is 22.7 Å². The monoisotopic (exact) mass is 534 g/mol. The van der Waals surface area contributed by atoms with Gasteiger partial charge in [-0.3, -0.25) is 4.79 Å². The number of fused-ring (bicyclic) bond motifs is 5. The number of Topliss-reactive ketones (excluding diaryl/α,β-unsaturated/α-hetero) is 1. The summed E-state index contributed by atoms with van der Waals surface area (Å²) in [6, 6.07) is 7.77. The molecular formula is C36H54O3. The molecule has 5 rings (SSSR count). The molecule has 0 saturated heterocycles. The van der Waals surface area contributed by atoms with Gasteiger partial charge >= 0.3 is 5.97 Å². The number of benzene rings is 1. The highest BCUT2D eigenvalue weighted by atomic mass is 16.5. The highest BCUT2D eigenvalue weighted by Gasteiger charge is 2.61. The van der Waals surface area contributed by atoms with Crippen molar-refractivity contribution in [1.82, 2.24) is 0 Å². The Morgan fingerprint density at radius 1 is 0.897 bits per heavy atom. The average Bonchev–Trinajstić information content (AvgIpc) is 3.27. The molecule has 0 heterocycles. The predicted octanol–water partition coefficient (Wildman–Crippen LogP) is 8.93. The van der Waals surface area contributed by atoms with Gasteiger partial charge in [-0.25, -0.2) is 4.79 Å². The first-order chi connectivity index (χ1) is 18.6. The summed E-state index contributed by atoms with van der Waals surface area (Å²) >= 11 is 0. The van der Waals surface area contributed by atoms with Gasteiger partial charge in [0, 0.05) is 12.3 Å². The van der Waals surface area contributed by atoms with Crippen LogP contribution >= 0.6 is 0 Å². The molecule has 2 unspecified atom stereocenters. The molecule has 0 amide bonds. The summed E-state index contributed by atoms with van der Waals surface area (Å²) in [6.45, 7) is 12.6. The fourth-order valence-electron chi connectivity index (χ4n) is 10.7. The quantitative estimate of drug-likeness (QED) is 0.313. The smallest absolute Gasteiger partial charge is 0.337 e. The summed E-state index contributed by atoms with van der Waals surface area (Å²) in [5.41, 5.74) is 2.56. The molecule has 4 fully saturated rings. The van der Waals surface area contributed by atoms with Crippen LogP contribution in [0, 0.1) is 58.2 Å². The SMILES string of the molecule is COC(=O)c1ccc(CC2C(=O)CC[C@@]3(C)C2CC[C@H]2[C@@H]4CC[C@H]([C@H](C)CCCC(C)C)[C@@]4(C)CC[C@@H]23)cc1. The number of esters is 1. The third kappa shape index (κ3) is 5.26. The molecule has 3 heteroatoms. The van der Waals surface area contributed by atoms with Gasteiger partial charge in [-0.15, -0.1) is 0 Å². The van der Waals surface area contributed by atoms with E-state index in [1.807, 2.05) is 24.3 Å². The van der Waals surface area contributed by atoms with E-state index < -0.39 is 0 Å². The Balaban J connectivity index is 1.30. The summed E-state index contributed by atoms with van der Waals surface area (Å²) < 4.78 is 4.87. The van der Waals surface area contributed by atoms with Crippen LogP contribution in [0.25, 0.3) is 0 Å². The van der Waals surface area contributed by atoms with Crippen molar-refractivity contribution in [2.75, 3.05) is 7.11 Å². The van der Waals surface area contributed by atoms with Gasteiger partial charge in [0.15, 0.2) is 0 Å². The van der Waals surface area contributed by atoms with Crippen molar-refractivity contribution in [2.24, 2.45) is 58.2 Å². The van der Waals surface area contributed by atoms with Crippen LogP contribution in [0.2, 0.25) is 0 Å². The van der Waals surface area contributed by atoms with Crippen LogP contribution < -0.4 is 0 Å². The number of ether oxygens (including phenoxy) is 1. The normalized spacial score (nSPS) is 38.6. The molecule has 0 N–H and O–H groups in total. The molecule has 1 aromatic carbocycles. The van der Waals surface area contributed by atoms with Gasteiger partial charge in [-0.2, -0.15) is 0 Å². The summed E-state index contributed by atoms with van der Waals surface area (Å²) in [5, 5.41) is 0. The second-order valence-corrected chi connectivity index (χ2v) is 15.1. The Bertz CT molecular complexity index is 1030. The molecule has 0 aliphatic heterocycles. The molecule has 4 aliphatic carbocycles. The fourth-order valence-corrected chi connectivity index (χ4v) is 10.7. The van der Waals surface area contributed by atoms with E-state index in [4.69, 9.17) is 4.74 Å². The van der Waals surface area contributed by atoms with Crippen molar-refractivity contribution in [3.63, 3.8) is 0 Å². The molecule has 0 spiro atoms. The standard InChI is InChI=1S/C36H54O3/c1-23(2)8-7-9-24(3)29-16-17-30-27-14-15-31-28(22-25-10-12-26(13-11-25)34(38)39-6)33(37)19-21-36(31,5)32(27)18-20-35(29,30)4/h10-13,23-24,27-32H,7-9,14-22H2,1-6H3/t24-,27+,28?,29-,30+,31?,32+,35-,36+/m1/s1. The maximum absolute atomic E-state index is 13.4. The molecule has 1 aromatic rings. The summed E-state index contributed by atoms with van der Waals surface area (Å²) in [7, 11) is 1.42. The van der Waals surface area contributed by atoms with Crippen molar-refractivity contribution >= 4 is 11.8 Å². The van der Waals surface area contributed by atoms with Gasteiger partial charge in [0.05, 0.1) is 12.7 Å². The number of carbonyl (C=O) groups is 2. The summed E-state index contributed by atoms with van der Waals surface area (Å²) in [6.07, 6.45) is 15.0. The van der Waals surface area contributed by atoms with E-state index in [9.17, 15) is 9.59 Å². The van der Waals surface area contributed by atoms with Gasteiger partial charge in [0.2, 0.25) is 0 Å². The molecule has 4 saturated carbocycles. The minimum absolute atomic E-state index is 0.124. The topological polar surface area (TPSA) is 43.4 Å². The van der Waals surface area contributed by atoms with Crippen molar-refractivity contribution in [2.45, 2.75) is 112 Å². The second-order valence-electron chi connectivity index (χ2n) is 15.1. The number of methoxy groups -OCH3 is 1. The third-order valence-corrected chi connectivity index (χ3v) is 12.8. The van der Waals surface area contributed by atoms with Crippen molar-refractivity contribution in [1.29, 1.82) is 0 Å². The molecule has 9 atom stereocenters. The Labute approximate surface area is 238 Å². The Morgan fingerprint density at radius 2 is 1.59 bits per heavy atom. The zero-order valence-electron chi connectivity index (χ0n) is 25.6. The van der Waals surface area contributed by atoms with Gasteiger partial charge in [0.1, 0.15) is 5.78 Å². The van der Waals surface area contributed by atoms with E-state index in [1.54, 1.807) is 0 Å². The molecule has 4 aliphatic rings. The Morgan fingerprint density at radius 3 is 2.28 bits per heavy atom. The zero-order valence-corrected chi connectivity index (χ0v) is 25.6. The fraction of sp³-hybridized carbons (Fsp3) is 0.778. The van der Waals surface area contributed by atoms with E-state index in [-0.39, 0.29) is 17.3 Å². The summed E-state index contributed by atoms with van der Waals surface area (Å²) in [5.74, 6) is 5.88. The first-order valence-electron chi connectivity index (χ1n) is 16.3. The zero-order chi connectivity index (χ0) is 27.9. The van der Waals surface area contributed by atoms with Gasteiger partial charge in [-0.1, -0.05) is 66.0 Å². The van der Waals surface area contributed by atoms with Crippen LogP contribution in [0.1, 0.15) is 121 Å². The highest BCUT2D eigenvalue weighted by molar-refractivity contribution is 5.89. The van der Waals surface area contributed by atoms with Gasteiger partial charge in [-0.05, 0) is 121 Å². The van der Waals surface area contributed by atoms with Gasteiger partial charge in [0.25, 0.3) is 0 Å². The minimum Gasteiger partial charge on any atom is -0.465 e. The lowest BCUT2D eigenvalue weighted by Gasteiger charge is -2.62. The number of carbonyl (C=O) groups excluding carboxylic acids is 2. The molecule has 3 nitrogen and oxygen atoms in total. The molecule has 0 bridgehead atoms. The lowest BCUT2D eigenvalue weighted by molar-refractivity contribution is -0.152. The minimum atomic E-state index is -0.301. The molecule has 0 aromatic heterocycles. The molecule has 0 radical (unpaired) electrons. The van der Waals surface area contributed by atoms with E-state index in [2.05, 4.69) is 34.6 Å². The molecular weight excluding hydrogens is 480 g/mol. The Hall–Kier alpha value is -1.64. The Kier molecular flexibility index (Phi) is 8.38. The molecule has 39 heavy (non-hydrogen) atoms. The largest absolute Gasteiger partial charge is 0.465 e. The van der Waals surface area contributed by atoms with Crippen LogP contribution in [-0.2, 0) is 16.0 Å². The molecule has 216 valence electrons. The third-order valence-electron chi connectivity index (χ3n) is 12.8. The summed E-state index contributed by atoms with van der Waals surface area (Å²) in [4.78, 5) is 25.3. The van der Waals surface area contributed by atoms with Crippen LogP contribution in [0.4, 0.5) is 0 Å². The maximum atomic E-state index is 13.4. The van der Waals surface area contributed by atoms with E-state index in [1.165, 1.54) is 70.5 Å². The van der Waals surface area contributed by atoms with Crippen LogP contribution in [0.5, 0.6) is 0 Å². The van der Waals surface area contributed by atoms with Crippen LogP contribution in [0.3, 0.4) is 0 Å². The first kappa shape index (κ1) is 28.9. The lowest BCUT2D eigenvalue weighted by atomic mass is 9.43. The number of rotatable bonds is 8. The first-order valence-corrected chi connectivity index (χ1v) is 16.3. The number of hydrogen-bond acceptors (Lipinski definition) is 3. The van der Waals surface area contributed by atoms with Gasteiger partial charge < -0.3 is 4.74 Å².